The lowest BCUT2D eigenvalue weighted by Crippen LogP contribution is -2.46. The minimum absolute atomic E-state index is 0.0287. The number of benzene rings is 3. The van der Waals surface area contributed by atoms with Gasteiger partial charge in [-0.25, -0.2) is 9.59 Å². The van der Waals surface area contributed by atoms with Gasteiger partial charge in [-0.15, -0.1) is 5.06 Å². The van der Waals surface area contributed by atoms with Gasteiger partial charge in [0.2, 0.25) is 0 Å². The molecule has 3 amide bonds. The van der Waals surface area contributed by atoms with E-state index in [0.717, 1.165) is 38.7 Å². The molecule has 39 heavy (non-hydrogen) atoms. The van der Waals surface area contributed by atoms with Crippen LogP contribution in [0.5, 0.6) is 0 Å². The van der Waals surface area contributed by atoms with Gasteiger partial charge in [0.25, 0.3) is 11.8 Å². The molecule has 1 unspecified atom stereocenters. The molecular formula is C30H25N3O6. The number of ether oxygens (including phenoxy) is 1. The Bertz CT molecular complexity index is 1550. The molecule has 0 spiro atoms. The molecule has 1 saturated heterocycles. The Morgan fingerprint density at radius 1 is 0.897 bits per heavy atom. The number of fused-ring (bicyclic) bond motifs is 4. The standard InChI is InChI=1S/C30H25N3O6/c34-27-13-14-28(35)33(27)39-29(36)26(15-18-16-31-25-12-6-5-7-19(18)25)32-30(37)38-17-24-22-10-3-1-8-20(22)21-9-2-4-11-23(21)24/h1-12,16,24,26,31H,13-15,17H2,(H,32,37). The number of hydrogen-bond donors (Lipinski definition) is 2. The van der Waals surface area contributed by atoms with Gasteiger partial charge in [-0.2, -0.15) is 0 Å². The number of carbonyl (C=O) groups is 4. The Morgan fingerprint density at radius 2 is 1.51 bits per heavy atom. The van der Waals surface area contributed by atoms with Crippen molar-refractivity contribution in [1.29, 1.82) is 0 Å². The van der Waals surface area contributed by atoms with E-state index in [1.54, 1.807) is 6.20 Å². The number of imide groups is 1. The second-order valence-corrected chi connectivity index (χ2v) is 9.58. The molecule has 2 aliphatic rings. The lowest BCUT2D eigenvalue weighted by atomic mass is 9.98. The number of H-pyrrole nitrogens is 1. The van der Waals surface area contributed by atoms with Crippen molar-refractivity contribution < 1.29 is 28.8 Å². The van der Waals surface area contributed by atoms with Crippen molar-refractivity contribution in [3.8, 4) is 11.1 Å². The summed E-state index contributed by atoms with van der Waals surface area (Å²) in [4.78, 5) is 58.4. The van der Waals surface area contributed by atoms with Crippen LogP contribution in [0.15, 0.2) is 79.0 Å². The number of amides is 3. The van der Waals surface area contributed by atoms with Crippen LogP contribution in [0.3, 0.4) is 0 Å². The molecule has 1 aliphatic carbocycles. The summed E-state index contributed by atoms with van der Waals surface area (Å²) in [5.74, 6) is -2.28. The third kappa shape index (κ3) is 4.63. The van der Waals surface area contributed by atoms with Gasteiger partial charge in [0.15, 0.2) is 0 Å². The average molecular weight is 524 g/mol. The fourth-order valence-electron chi connectivity index (χ4n) is 5.31. The average Bonchev–Trinajstić information content (AvgIpc) is 3.61. The third-order valence-electron chi connectivity index (χ3n) is 7.21. The van der Waals surface area contributed by atoms with Crippen molar-refractivity contribution >= 4 is 34.8 Å². The Morgan fingerprint density at radius 3 is 2.21 bits per heavy atom. The quantitative estimate of drug-likeness (QED) is 0.350. The van der Waals surface area contributed by atoms with Crippen LogP contribution >= 0.6 is 0 Å². The Hall–Kier alpha value is -4.92. The smallest absolute Gasteiger partial charge is 0.407 e. The predicted molar refractivity (Wildman–Crippen MR) is 141 cm³/mol. The maximum atomic E-state index is 13.1. The molecule has 1 atom stereocenters. The summed E-state index contributed by atoms with van der Waals surface area (Å²) in [6.45, 7) is 0.0673. The number of hydrogen-bond acceptors (Lipinski definition) is 6. The van der Waals surface area contributed by atoms with Crippen molar-refractivity contribution in [2.24, 2.45) is 0 Å². The minimum Gasteiger partial charge on any atom is -0.449 e. The maximum Gasteiger partial charge on any atom is 0.407 e. The van der Waals surface area contributed by atoms with Crippen molar-refractivity contribution in [3.05, 3.63) is 95.7 Å². The molecule has 2 N–H and O–H groups in total. The molecule has 4 aromatic rings. The van der Waals surface area contributed by atoms with Gasteiger partial charge >= 0.3 is 12.1 Å². The monoisotopic (exact) mass is 523 g/mol. The zero-order valence-corrected chi connectivity index (χ0v) is 20.9. The molecule has 6 rings (SSSR count). The lowest BCUT2D eigenvalue weighted by Gasteiger charge is -2.21. The van der Waals surface area contributed by atoms with Gasteiger partial charge in [-0.3, -0.25) is 9.59 Å². The van der Waals surface area contributed by atoms with Gasteiger partial charge < -0.3 is 19.9 Å². The molecule has 9 nitrogen and oxygen atoms in total. The second kappa shape index (κ2) is 10.1. The van der Waals surface area contributed by atoms with Crippen LogP contribution in [0.4, 0.5) is 4.79 Å². The number of aromatic nitrogens is 1. The van der Waals surface area contributed by atoms with Gasteiger partial charge in [-0.05, 0) is 33.9 Å². The number of nitrogens with zero attached hydrogens (tertiary/aromatic N) is 1. The molecule has 1 fully saturated rings. The Balaban J connectivity index is 1.20. The highest BCUT2D eigenvalue weighted by Gasteiger charge is 2.36. The summed E-state index contributed by atoms with van der Waals surface area (Å²) < 4.78 is 5.63. The van der Waals surface area contributed by atoms with Crippen LogP contribution < -0.4 is 5.32 Å². The highest BCUT2D eigenvalue weighted by molar-refractivity contribution is 6.02. The normalized spacial score (nSPS) is 15.2. The highest BCUT2D eigenvalue weighted by Crippen LogP contribution is 2.44. The first-order chi connectivity index (χ1) is 19.0. The summed E-state index contributed by atoms with van der Waals surface area (Å²) in [6.07, 6.45) is 0.940. The van der Waals surface area contributed by atoms with Crippen molar-refractivity contribution in [2.45, 2.75) is 31.2 Å². The molecule has 3 aromatic carbocycles. The largest absolute Gasteiger partial charge is 0.449 e. The van der Waals surface area contributed by atoms with E-state index in [9.17, 15) is 19.2 Å². The summed E-state index contributed by atoms with van der Waals surface area (Å²) in [7, 11) is 0. The zero-order chi connectivity index (χ0) is 26.9. The van der Waals surface area contributed by atoms with Gasteiger partial charge in [0.05, 0.1) is 0 Å². The van der Waals surface area contributed by atoms with Crippen LogP contribution in [0.2, 0.25) is 0 Å². The third-order valence-corrected chi connectivity index (χ3v) is 7.21. The van der Waals surface area contributed by atoms with E-state index < -0.39 is 29.9 Å². The summed E-state index contributed by atoms with van der Waals surface area (Å²) >= 11 is 0. The van der Waals surface area contributed by atoms with Crippen LogP contribution in [-0.4, -0.2) is 46.6 Å². The number of aromatic amines is 1. The lowest BCUT2D eigenvalue weighted by molar-refractivity contribution is -0.198. The Labute approximate surface area is 223 Å². The van der Waals surface area contributed by atoms with Crippen LogP contribution in [0.25, 0.3) is 22.0 Å². The first-order valence-electron chi connectivity index (χ1n) is 12.7. The molecule has 1 aliphatic heterocycles. The molecule has 1 aromatic heterocycles. The second-order valence-electron chi connectivity index (χ2n) is 9.58. The first-order valence-corrected chi connectivity index (χ1v) is 12.7. The fourth-order valence-corrected chi connectivity index (χ4v) is 5.31. The molecule has 0 saturated carbocycles. The molecule has 9 heteroatoms. The number of rotatable bonds is 7. The van der Waals surface area contributed by atoms with Gasteiger partial charge in [0, 0.05) is 42.3 Å². The SMILES string of the molecule is O=C(NC(Cc1c[nH]c2ccccc12)C(=O)ON1C(=O)CCC1=O)OCC1c2ccccc2-c2ccccc21. The molecule has 0 bridgehead atoms. The topological polar surface area (TPSA) is 118 Å². The molecule has 196 valence electrons. The van der Waals surface area contributed by atoms with E-state index in [0.29, 0.717) is 5.06 Å². The van der Waals surface area contributed by atoms with Crippen molar-refractivity contribution in [1.82, 2.24) is 15.4 Å². The zero-order valence-electron chi connectivity index (χ0n) is 20.9. The summed E-state index contributed by atoms with van der Waals surface area (Å²) in [5.41, 5.74) is 5.95. The van der Waals surface area contributed by atoms with Crippen LogP contribution in [-0.2, 0) is 30.4 Å². The van der Waals surface area contributed by atoms with E-state index in [4.69, 9.17) is 9.57 Å². The number of hydroxylamine groups is 2. The number of para-hydroxylation sites is 1. The van der Waals surface area contributed by atoms with Crippen molar-refractivity contribution in [3.63, 3.8) is 0 Å². The summed E-state index contributed by atoms with van der Waals surface area (Å²) in [5, 5.41) is 3.95. The van der Waals surface area contributed by atoms with E-state index in [2.05, 4.69) is 10.3 Å². The van der Waals surface area contributed by atoms with E-state index >= 15 is 0 Å². The van der Waals surface area contributed by atoms with Crippen molar-refractivity contribution in [2.75, 3.05) is 6.61 Å². The van der Waals surface area contributed by atoms with Gasteiger partial charge in [-0.1, -0.05) is 66.7 Å². The minimum atomic E-state index is -1.21. The van der Waals surface area contributed by atoms with E-state index in [1.165, 1.54) is 0 Å². The number of nitrogens with one attached hydrogen (secondary N) is 2. The van der Waals surface area contributed by atoms with Gasteiger partial charge in [0.1, 0.15) is 12.6 Å². The first kappa shape index (κ1) is 24.4. The van der Waals surface area contributed by atoms with E-state index in [1.807, 2.05) is 72.8 Å². The molecule has 0 radical (unpaired) electrons. The Kier molecular flexibility index (Phi) is 6.32. The highest BCUT2D eigenvalue weighted by atomic mass is 16.7. The maximum absolute atomic E-state index is 13.1. The fraction of sp³-hybridized carbons (Fsp3) is 0.200. The van der Waals surface area contributed by atoms with Crippen LogP contribution in [0.1, 0.15) is 35.4 Å². The molecular weight excluding hydrogens is 498 g/mol. The van der Waals surface area contributed by atoms with Crippen LogP contribution in [0, 0.1) is 0 Å². The number of carbonyl (C=O) groups excluding carboxylic acids is 4. The number of alkyl carbamates (subject to hydrolysis) is 1. The summed E-state index contributed by atoms with van der Waals surface area (Å²) in [6, 6.07) is 22.3. The molecule has 2 heterocycles. The predicted octanol–water partition coefficient (Wildman–Crippen LogP) is 4.22. The van der Waals surface area contributed by atoms with E-state index in [-0.39, 0.29) is 31.8 Å².